The van der Waals surface area contributed by atoms with Crippen LogP contribution in [0.2, 0.25) is 0 Å². The molecule has 1 N–H and O–H groups in total. The molecule has 0 aliphatic heterocycles. The number of carbonyl (C=O) groups is 1. The molecule has 0 saturated heterocycles. The van der Waals surface area contributed by atoms with Gasteiger partial charge in [-0.15, -0.1) is 0 Å². The third-order valence-electron chi connectivity index (χ3n) is 5.09. The molecule has 0 aromatic heterocycles. The van der Waals surface area contributed by atoms with E-state index in [1.807, 2.05) is 0 Å². The highest BCUT2D eigenvalue weighted by atomic mass is 16.4. The summed E-state index contributed by atoms with van der Waals surface area (Å²) in [6, 6.07) is 6.37. The van der Waals surface area contributed by atoms with Crippen molar-refractivity contribution in [3.05, 3.63) is 34.9 Å². The molecular formula is C18H26O2. The molecule has 2 nitrogen and oxygen atoms in total. The van der Waals surface area contributed by atoms with Gasteiger partial charge in [0.25, 0.3) is 0 Å². The Kier molecular flexibility index (Phi) is 4.52. The molecule has 1 fully saturated rings. The highest BCUT2D eigenvalue weighted by Gasteiger charge is 2.42. The van der Waals surface area contributed by atoms with Crippen molar-refractivity contribution in [1.82, 2.24) is 0 Å². The second-order valence-electron chi connectivity index (χ2n) is 6.55. The molecule has 0 amide bonds. The molecule has 0 heterocycles. The summed E-state index contributed by atoms with van der Waals surface area (Å²) in [6.45, 7) is 6.38. The van der Waals surface area contributed by atoms with E-state index >= 15 is 0 Å². The topological polar surface area (TPSA) is 37.3 Å². The summed E-state index contributed by atoms with van der Waals surface area (Å²) in [4.78, 5) is 11.9. The molecule has 2 atom stereocenters. The van der Waals surface area contributed by atoms with Gasteiger partial charge in [-0.25, -0.2) is 0 Å². The minimum atomic E-state index is -0.603. The monoisotopic (exact) mass is 274 g/mol. The lowest BCUT2D eigenvalue weighted by atomic mass is 9.66. The number of aliphatic carboxylic acids is 1. The standard InChI is InChI=1S/C18H26O2/c1-4-15-6-5-9-18(11-15,17(19)20)12-16-8-7-13(2)14(3)10-16/h7-8,10,15H,4-6,9,11-12H2,1-3H3,(H,19,20). The second-order valence-corrected chi connectivity index (χ2v) is 6.55. The second kappa shape index (κ2) is 5.99. The van der Waals surface area contributed by atoms with Crippen molar-refractivity contribution < 1.29 is 9.90 Å². The highest BCUT2D eigenvalue weighted by molar-refractivity contribution is 5.75. The summed E-state index contributed by atoms with van der Waals surface area (Å²) in [5, 5.41) is 9.79. The molecule has 110 valence electrons. The Morgan fingerprint density at radius 3 is 2.70 bits per heavy atom. The van der Waals surface area contributed by atoms with Gasteiger partial charge in [0.2, 0.25) is 0 Å². The van der Waals surface area contributed by atoms with Gasteiger partial charge in [0, 0.05) is 0 Å². The van der Waals surface area contributed by atoms with Crippen LogP contribution in [0.1, 0.15) is 55.7 Å². The van der Waals surface area contributed by atoms with E-state index in [9.17, 15) is 9.90 Å². The smallest absolute Gasteiger partial charge is 0.309 e. The summed E-state index contributed by atoms with van der Waals surface area (Å²) >= 11 is 0. The van der Waals surface area contributed by atoms with Gasteiger partial charge in [-0.05, 0) is 55.7 Å². The van der Waals surface area contributed by atoms with Crippen LogP contribution >= 0.6 is 0 Å². The van der Waals surface area contributed by atoms with E-state index in [0.717, 1.165) is 25.7 Å². The first-order valence-corrected chi connectivity index (χ1v) is 7.76. The molecule has 1 aliphatic carbocycles. The van der Waals surface area contributed by atoms with Crippen molar-refractivity contribution in [2.45, 2.75) is 59.3 Å². The van der Waals surface area contributed by atoms with Gasteiger partial charge in [-0.1, -0.05) is 44.4 Å². The van der Waals surface area contributed by atoms with E-state index < -0.39 is 11.4 Å². The van der Waals surface area contributed by atoms with Crippen LogP contribution in [0, 0.1) is 25.2 Å². The van der Waals surface area contributed by atoms with Crippen molar-refractivity contribution in [3.8, 4) is 0 Å². The van der Waals surface area contributed by atoms with Crippen molar-refractivity contribution in [1.29, 1.82) is 0 Å². The number of carboxylic acids is 1. The van der Waals surface area contributed by atoms with Gasteiger partial charge in [-0.3, -0.25) is 4.79 Å². The lowest BCUT2D eigenvalue weighted by molar-refractivity contribution is -0.152. The van der Waals surface area contributed by atoms with Gasteiger partial charge in [0.1, 0.15) is 0 Å². The highest BCUT2D eigenvalue weighted by Crippen LogP contribution is 2.43. The van der Waals surface area contributed by atoms with Gasteiger partial charge in [-0.2, -0.15) is 0 Å². The number of aryl methyl sites for hydroxylation is 2. The summed E-state index contributed by atoms with van der Waals surface area (Å²) in [5.41, 5.74) is 3.16. The maximum Gasteiger partial charge on any atom is 0.309 e. The Labute approximate surface area is 122 Å². The van der Waals surface area contributed by atoms with Crippen LogP contribution in [0.3, 0.4) is 0 Å². The van der Waals surface area contributed by atoms with Crippen LogP contribution in [0.15, 0.2) is 18.2 Å². The van der Waals surface area contributed by atoms with Gasteiger partial charge < -0.3 is 5.11 Å². The van der Waals surface area contributed by atoms with Gasteiger partial charge in [0.15, 0.2) is 0 Å². The molecular weight excluding hydrogens is 248 g/mol. The third kappa shape index (κ3) is 3.05. The van der Waals surface area contributed by atoms with Crippen LogP contribution in [0.5, 0.6) is 0 Å². The van der Waals surface area contributed by atoms with E-state index in [2.05, 4.69) is 39.0 Å². The van der Waals surface area contributed by atoms with Gasteiger partial charge >= 0.3 is 5.97 Å². The average Bonchev–Trinajstić information content (AvgIpc) is 2.43. The zero-order chi connectivity index (χ0) is 14.8. The SMILES string of the molecule is CCC1CCCC(Cc2ccc(C)c(C)c2)(C(=O)O)C1. The first-order chi connectivity index (χ1) is 9.47. The van der Waals surface area contributed by atoms with E-state index in [1.54, 1.807) is 0 Å². The first kappa shape index (κ1) is 15.1. The van der Waals surface area contributed by atoms with E-state index in [4.69, 9.17) is 0 Å². The summed E-state index contributed by atoms with van der Waals surface area (Å²) in [5.74, 6) is -0.0275. The number of benzene rings is 1. The Balaban J connectivity index is 2.24. The number of hydrogen-bond donors (Lipinski definition) is 1. The Bertz CT molecular complexity index is 492. The fourth-order valence-corrected chi connectivity index (χ4v) is 3.57. The molecule has 20 heavy (non-hydrogen) atoms. The maximum absolute atomic E-state index is 11.9. The molecule has 2 rings (SSSR count). The third-order valence-corrected chi connectivity index (χ3v) is 5.09. The van der Waals surface area contributed by atoms with Crippen LogP contribution in [-0.2, 0) is 11.2 Å². The Morgan fingerprint density at radius 2 is 2.10 bits per heavy atom. The predicted octanol–water partition coefficient (Wildman–Crippen LogP) is 4.52. The summed E-state index contributed by atoms with van der Waals surface area (Å²) in [6.07, 6.45) is 5.69. The van der Waals surface area contributed by atoms with Crippen LogP contribution in [0.4, 0.5) is 0 Å². The van der Waals surface area contributed by atoms with E-state index in [1.165, 1.54) is 23.1 Å². The molecule has 1 aromatic carbocycles. The maximum atomic E-state index is 11.9. The minimum absolute atomic E-state index is 0.541. The van der Waals surface area contributed by atoms with E-state index in [-0.39, 0.29) is 0 Å². The quantitative estimate of drug-likeness (QED) is 0.876. The average molecular weight is 274 g/mol. The number of rotatable bonds is 4. The fraction of sp³-hybridized carbons (Fsp3) is 0.611. The largest absolute Gasteiger partial charge is 0.481 e. The molecule has 0 bridgehead atoms. The molecule has 0 spiro atoms. The molecule has 1 saturated carbocycles. The van der Waals surface area contributed by atoms with Crippen molar-refractivity contribution in [2.75, 3.05) is 0 Å². The van der Waals surface area contributed by atoms with Gasteiger partial charge in [0.05, 0.1) is 5.41 Å². The van der Waals surface area contributed by atoms with E-state index in [0.29, 0.717) is 12.3 Å². The predicted molar refractivity (Wildman–Crippen MR) is 81.9 cm³/mol. The summed E-state index contributed by atoms with van der Waals surface area (Å²) in [7, 11) is 0. The molecule has 1 aliphatic rings. The molecule has 2 unspecified atom stereocenters. The van der Waals surface area contributed by atoms with Crippen LogP contribution in [0.25, 0.3) is 0 Å². The fourth-order valence-electron chi connectivity index (χ4n) is 3.57. The van der Waals surface area contributed by atoms with Crippen molar-refractivity contribution in [2.24, 2.45) is 11.3 Å². The molecule has 2 heteroatoms. The zero-order valence-electron chi connectivity index (χ0n) is 12.9. The Hall–Kier alpha value is -1.31. The van der Waals surface area contributed by atoms with Crippen molar-refractivity contribution in [3.63, 3.8) is 0 Å². The Morgan fingerprint density at radius 1 is 1.35 bits per heavy atom. The number of carboxylic acid groups (broad SMARTS) is 1. The molecule has 0 radical (unpaired) electrons. The zero-order valence-corrected chi connectivity index (χ0v) is 12.9. The molecule has 1 aromatic rings. The number of hydrogen-bond acceptors (Lipinski definition) is 1. The normalized spacial score (nSPS) is 26.4. The first-order valence-electron chi connectivity index (χ1n) is 7.76. The van der Waals surface area contributed by atoms with Crippen LogP contribution < -0.4 is 0 Å². The lowest BCUT2D eigenvalue weighted by Crippen LogP contribution is -2.38. The van der Waals surface area contributed by atoms with Crippen LogP contribution in [-0.4, -0.2) is 11.1 Å². The lowest BCUT2D eigenvalue weighted by Gasteiger charge is -2.37. The van der Waals surface area contributed by atoms with Crippen molar-refractivity contribution >= 4 is 5.97 Å². The minimum Gasteiger partial charge on any atom is -0.481 e. The summed E-state index contributed by atoms with van der Waals surface area (Å²) < 4.78 is 0.